The third kappa shape index (κ3) is 2.83. The second-order valence-corrected chi connectivity index (χ2v) is 6.48. The first kappa shape index (κ1) is 16.9. The topological polar surface area (TPSA) is 59.1 Å². The smallest absolute Gasteiger partial charge is 0.135 e. The molecule has 132 valence electrons. The number of hydrogen-bond acceptors (Lipinski definition) is 3. The predicted octanol–water partition coefficient (Wildman–Crippen LogP) is 4.75. The Labute approximate surface area is 158 Å². The van der Waals surface area contributed by atoms with Crippen LogP contribution in [0.2, 0.25) is 0 Å². The molecule has 0 unspecified atom stereocenters. The van der Waals surface area contributed by atoms with Gasteiger partial charge in [-0.2, -0.15) is 0 Å². The van der Waals surface area contributed by atoms with Crippen molar-refractivity contribution in [1.82, 2.24) is 4.98 Å². The maximum Gasteiger partial charge on any atom is 0.135 e. The van der Waals surface area contributed by atoms with E-state index in [0.717, 1.165) is 16.7 Å². The molecule has 0 spiro atoms. The molecule has 4 rings (SSSR count). The number of nitrogens with two attached hydrogens (primary N) is 1. The molecule has 0 atom stereocenters. The summed E-state index contributed by atoms with van der Waals surface area (Å²) in [7, 11) is 0. The van der Waals surface area contributed by atoms with Crippen molar-refractivity contribution < 1.29 is 5.11 Å². The maximum absolute atomic E-state index is 9.87. The van der Waals surface area contributed by atoms with Crippen molar-refractivity contribution in [3.05, 3.63) is 126 Å². The van der Waals surface area contributed by atoms with Crippen LogP contribution in [0.5, 0.6) is 5.75 Å². The summed E-state index contributed by atoms with van der Waals surface area (Å²) in [5, 5.41) is 9.87. The summed E-state index contributed by atoms with van der Waals surface area (Å²) in [5.74, 6) is 0.0549. The first-order valence-corrected chi connectivity index (χ1v) is 8.84. The number of anilines is 1. The van der Waals surface area contributed by atoms with Gasteiger partial charge in [0, 0.05) is 6.07 Å². The van der Waals surface area contributed by atoms with E-state index in [1.165, 1.54) is 6.20 Å². The summed E-state index contributed by atoms with van der Waals surface area (Å²) in [4.78, 5) is 4.60. The van der Waals surface area contributed by atoms with Crippen molar-refractivity contribution in [2.24, 2.45) is 0 Å². The van der Waals surface area contributed by atoms with Gasteiger partial charge in [0.25, 0.3) is 0 Å². The number of rotatable bonds is 4. The van der Waals surface area contributed by atoms with Crippen LogP contribution in [0.3, 0.4) is 0 Å². The molecule has 1 aromatic heterocycles. The third-order valence-corrected chi connectivity index (χ3v) is 4.88. The zero-order valence-electron chi connectivity index (χ0n) is 14.8. The average molecular weight is 352 g/mol. The molecule has 1 heterocycles. The molecule has 0 amide bonds. The summed E-state index contributed by atoms with van der Waals surface area (Å²) in [5.41, 5.74) is 10.0. The summed E-state index contributed by atoms with van der Waals surface area (Å²) in [6.45, 7) is 0. The summed E-state index contributed by atoms with van der Waals surface area (Å²) in [6, 6.07) is 32.2. The van der Waals surface area contributed by atoms with Crippen LogP contribution in [0.1, 0.15) is 22.4 Å². The van der Waals surface area contributed by atoms with Crippen molar-refractivity contribution in [3.63, 3.8) is 0 Å². The number of hydrogen-bond donors (Lipinski definition) is 2. The highest BCUT2D eigenvalue weighted by atomic mass is 16.3. The molecule has 4 aromatic rings. The molecule has 0 saturated heterocycles. The molecular formula is C24H20N2O. The standard InChI is InChI=1S/C24H20N2O/c25-22-16-21(27)17-26-23(22)24(18-10-4-1-5-11-18,19-12-6-2-7-13-19)20-14-8-3-9-15-20/h1-17,27H,25H2. The molecule has 3 heteroatoms. The van der Waals surface area contributed by atoms with Crippen molar-refractivity contribution in [2.75, 3.05) is 5.73 Å². The lowest BCUT2D eigenvalue weighted by Crippen LogP contribution is -2.33. The lowest BCUT2D eigenvalue weighted by Gasteiger charge is -2.36. The highest BCUT2D eigenvalue weighted by Gasteiger charge is 2.41. The monoisotopic (exact) mass is 352 g/mol. The van der Waals surface area contributed by atoms with Crippen LogP contribution in [-0.2, 0) is 5.41 Å². The number of pyridine rings is 1. The van der Waals surface area contributed by atoms with Gasteiger partial charge >= 0.3 is 0 Å². The zero-order chi connectivity index (χ0) is 18.7. The van der Waals surface area contributed by atoms with Crippen LogP contribution in [0.4, 0.5) is 5.69 Å². The highest BCUT2D eigenvalue weighted by Crippen LogP contribution is 2.46. The van der Waals surface area contributed by atoms with Crippen LogP contribution in [0.25, 0.3) is 0 Å². The van der Waals surface area contributed by atoms with E-state index in [9.17, 15) is 5.11 Å². The molecule has 27 heavy (non-hydrogen) atoms. The van der Waals surface area contributed by atoms with E-state index in [4.69, 9.17) is 5.73 Å². The molecule has 0 aliphatic carbocycles. The normalized spacial score (nSPS) is 11.3. The van der Waals surface area contributed by atoms with Gasteiger partial charge in [-0.1, -0.05) is 91.0 Å². The zero-order valence-corrected chi connectivity index (χ0v) is 14.8. The Hall–Kier alpha value is -3.59. The van der Waals surface area contributed by atoms with Crippen molar-refractivity contribution in [2.45, 2.75) is 5.41 Å². The molecular weight excluding hydrogens is 332 g/mol. The number of nitrogen functional groups attached to an aromatic ring is 1. The van der Waals surface area contributed by atoms with E-state index in [1.54, 1.807) is 6.07 Å². The van der Waals surface area contributed by atoms with Crippen molar-refractivity contribution in [1.29, 1.82) is 0 Å². The predicted molar refractivity (Wildman–Crippen MR) is 109 cm³/mol. The average Bonchev–Trinajstić information content (AvgIpc) is 2.72. The Morgan fingerprint density at radius 3 is 1.44 bits per heavy atom. The van der Waals surface area contributed by atoms with Crippen LogP contribution in [0.15, 0.2) is 103 Å². The van der Waals surface area contributed by atoms with Gasteiger partial charge in [0.15, 0.2) is 0 Å². The molecule has 3 nitrogen and oxygen atoms in total. The number of benzene rings is 3. The Kier molecular flexibility index (Phi) is 4.35. The fourth-order valence-corrected chi connectivity index (χ4v) is 3.76. The Balaban J connectivity index is 2.16. The van der Waals surface area contributed by atoms with Crippen LogP contribution in [-0.4, -0.2) is 10.1 Å². The number of aromatic nitrogens is 1. The molecule has 0 aliphatic rings. The molecule has 0 saturated carbocycles. The molecule has 3 aromatic carbocycles. The minimum absolute atomic E-state index is 0.0549. The van der Waals surface area contributed by atoms with Crippen LogP contribution in [0, 0.1) is 0 Å². The minimum atomic E-state index is -0.693. The Bertz CT molecular complexity index is 935. The summed E-state index contributed by atoms with van der Waals surface area (Å²) < 4.78 is 0. The Morgan fingerprint density at radius 2 is 1.07 bits per heavy atom. The molecule has 0 radical (unpaired) electrons. The quantitative estimate of drug-likeness (QED) is 0.521. The SMILES string of the molecule is Nc1cc(O)cnc1C(c1ccccc1)(c1ccccc1)c1ccccc1. The van der Waals surface area contributed by atoms with E-state index in [2.05, 4.69) is 41.4 Å². The van der Waals surface area contributed by atoms with Gasteiger partial charge < -0.3 is 10.8 Å². The first-order chi connectivity index (χ1) is 13.2. The van der Waals surface area contributed by atoms with Gasteiger partial charge in [-0.25, -0.2) is 0 Å². The second-order valence-electron chi connectivity index (χ2n) is 6.48. The fourth-order valence-electron chi connectivity index (χ4n) is 3.76. The minimum Gasteiger partial charge on any atom is -0.506 e. The van der Waals surface area contributed by atoms with Gasteiger partial charge in [0.2, 0.25) is 0 Å². The number of nitrogens with zero attached hydrogens (tertiary/aromatic N) is 1. The van der Waals surface area contributed by atoms with E-state index >= 15 is 0 Å². The first-order valence-electron chi connectivity index (χ1n) is 8.84. The number of aromatic hydroxyl groups is 1. The third-order valence-electron chi connectivity index (χ3n) is 4.88. The van der Waals surface area contributed by atoms with Crippen LogP contribution < -0.4 is 5.73 Å². The molecule has 0 bridgehead atoms. The van der Waals surface area contributed by atoms with Gasteiger partial charge in [-0.15, -0.1) is 0 Å². The summed E-state index contributed by atoms with van der Waals surface area (Å²) in [6.07, 6.45) is 1.45. The van der Waals surface area contributed by atoms with E-state index in [0.29, 0.717) is 11.4 Å². The van der Waals surface area contributed by atoms with Crippen LogP contribution >= 0.6 is 0 Å². The Morgan fingerprint density at radius 1 is 0.667 bits per heavy atom. The van der Waals surface area contributed by atoms with E-state index < -0.39 is 5.41 Å². The highest BCUT2D eigenvalue weighted by molar-refractivity contribution is 5.65. The van der Waals surface area contributed by atoms with Gasteiger partial charge in [-0.05, 0) is 16.7 Å². The van der Waals surface area contributed by atoms with E-state index in [1.807, 2.05) is 54.6 Å². The second kappa shape index (κ2) is 6.96. The molecule has 0 aliphatic heterocycles. The van der Waals surface area contributed by atoms with E-state index in [-0.39, 0.29) is 5.75 Å². The molecule has 0 fully saturated rings. The van der Waals surface area contributed by atoms with Crippen molar-refractivity contribution >= 4 is 5.69 Å². The molecule has 3 N–H and O–H groups in total. The lowest BCUT2D eigenvalue weighted by molar-refractivity contribution is 0.472. The largest absolute Gasteiger partial charge is 0.506 e. The lowest BCUT2D eigenvalue weighted by atomic mass is 9.66. The van der Waals surface area contributed by atoms with Gasteiger partial charge in [0.1, 0.15) is 5.75 Å². The van der Waals surface area contributed by atoms with Crippen molar-refractivity contribution in [3.8, 4) is 5.75 Å². The van der Waals surface area contributed by atoms with Gasteiger partial charge in [0.05, 0.1) is 23.0 Å². The maximum atomic E-state index is 9.87. The summed E-state index contributed by atoms with van der Waals surface area (Å²) >= 11 is 0. The van der Waals surface area contributed by atoms with Gasteiger partial charge in [-0.3, -0.25) is 4.98 Å². The fraction of sp³-hybridized carbons (Fsp3) is 0.0417.